The Labute approximate surface area is 121 Å². The lowest BCUT2D eigenvalue weighted by atomic mass is 10.3. The Morgan fingerprint density at radius 3 is 2.29 bits per heavy atom. The van der Waals surface area contributed by atoms with Gasteiger partial charge in [-0.15, -0.1) is 0 Å². The van der Waals surface area contributed by atoms with E-state index in [1.807, 2.05) is 13.8 Å². The summed E-state index contributed by atoms with van der Waals surface area (Å²) in [4.78, 5) is 12.1. The highest BCUT2D eigenvalue weighted by molar-refractivity contribution is 5.35. The quantitative estimate of drug-likeness (QED) is 0.684. The normalized spacial score (nSPS) is 11.3. The molecule has 0 aliphatic carbocycles. The van der Waals surface area contributed by atoms with Crippen molar-refractivity contribution in [2.45, 2.75) is 39.3 Å². The molecule has 1 aromatic rings. The lowest BCUT2D eigenvalue weighted by Crippen LogP contribution is -2.14. The summed E-state index contributed by atoms with van der Waals surface area (Å²) in [6, 6.07) is 0.154. The Bertz CT molecular complexity index is 428. The summed E-state index contributed by atoms with van der Waals surface area (Å²) in [5, 5.41) is 5.67. The van der Waals surface area contributed by atoms with Crippen molar-refractivity contribution in [2.75, 3.05) is 30.3 Å². The number of rotatable bonds is 9. The third-order valence-electron chi connectivity index (χ3n) is 2.31. The zero-order valence-electron chi connectivity index (χ0n) is 12.1. The Morgan fingerprint density at radius 2 is 1.71 bits per heavy atom. The topological polar surface area (TPSA) is 72.0 Å². The van der Waals surface area contributed by atoms with Gasteiger partial charge in [0.2, 0.25) is 11.9 Å². The van der Waals surface area contributed by atoms with Crippen molar-refractivity contribution in [1.29, 1.82) is 0 Å². The molecule has 0 aliphatic rings. The monoisotopic (exact) mass is 307 g/mol. The van der Waals surface area contributed by atoms with Crippen LogP contribution in [0.3, 0.4) is 0 Å². The number of halogens is 3. The summed E-state index contributed by atoms with van der Waals surface area (Å²) in [5.74, 6) is 0.533. The first kappa shape index (κ1) is 17.3. The predicted molar refractivity (Wildman–Crippen MR) is 73.6 cm³/mol. The van der Waals surface area contributed by atoms with Crippen LogP contribution in [-0.4, -0.2) is 40.8 Å². The second-order valence-corrected chi connectivity index (χ2v) is 4.29. The van der Waals surface area contributed by atoms with Crippen LogP contribution in [0.5, 0.6) is 6.01 Å². The Morgan fingerprint density at radius 1 is 1.05 bits per heavy atom. The van der Waals surface area contributed by atoms with E-state index >= 15 is 0 Å². The van der Waals surface area contributed by atoms with E-state index in [-0.39, 0.29) is 24.9 Å². The van der Waals surface area contributed by atoms with Crippen molar-refractivity contribution < 1.29 is 17.9 Å². The molecule has 0 amide bonds. The van der Waals surface area contributed by atoms with Crippen molar-refractivity contribution in [2.24, 2.45) is 0 Å². The molecule has 1 aromatic heterocycles. The number of aromatic nitrogens is 3. The minimum absolute atomic E-state index is 0.0448. The van der Waals surface area contributed by atoms with Crippen LogP contribution in [0, 0.1) is 0 Å². The molecule has 0 spiro atoms. The SMILES string of the molecule is CCCOc1nc(NCC)nc(NCCCC(F)(F)F)n1. The maximum absolute atomic E-state index is 12.1. The van der Waals surface area contributed by atoms with Gasteiger partial charge < -0.3 is 15.4 Å². The van der Waals surface area contributed by atoms with Gasteiger partial charge in [-0.1, -0.05) is 6.92 Å². The van der Waals surface area contributed by atoms with Gasteiger partial charge in [0.1, 0.15) is 0 Å². The summed E-state index contributed by atoms with van der Waals surface area (Å²) in [7, 11) is 0. The second-order valence-electron chi connectivity index (χ2n) is 4.29. The molecular formula is C12H20F3N5O. The van der Waals surface area contributed by atoms with Crippen LogP contribution in [-0.2, 0) is 0 Å². The molecular weight excluding hydrogens is 287 g/mol. The summed E-state index contributed by atoms with van der Waals surface area (Å²) in [6.07, 6.45) is -4.23. The predicted octanol–water partition coefficient (Wildman–Crippen LogP) is 2.85. The molecule has 0 unspecified atom stereocenters. The molecule has 0 saturated carbocycles. The number of ether oxygens (including phenoxy) is 1. The first-order valence-electron chi connectivity index (χ1n) is 6.88. The number of hydrogen-bond acceptors (Lipinski definition) is 6. The van der Waals surface area contributed by atoms with Crippen LogP contribution in [0.1, 0.15) is 33.1 Å². The summed E-state index contributed by atoms with van der Waals surface area (Å²) in [6.45, 7) is 5.03. The highest BCUT2D eigenvalue weighted by atomic mass is 19.4. The standard InChI is InChI=1S/C12H20F3N5O/c1-3-8-21-11-19-9(16-4-2)18-10(20-11)17-7-5-6-12(13,14)15/h3-8H2,1-2H3,(H2,16,17,18,19,20). The van der Waals surface area contributed by atoms with E-state index in [2.05, 4.69) is 25.6 Å². The number of anilines is 2. The van der Waals surface area contributed by atoms with Crippen molar-refractivity contribution in [3.63, 3.8) is 0 Å². The van der Waals surface area contributed by atoms with Crippen molar-refractivity contribution >= 4 is 11.9 Å². The molecule has 120 valence electrons. The summed E-state index contributed by atoms with van der Waals surface area (Å²) in [5.41, 5.74) is 0. The van der Waals surface area contributed by atoms with Gasteiger partial charge >= 0.3 is 12.2 Å². The van der Waals surface area contributed by atoms with Crippen molar-refractivity contribution in [3.8, 4) is 6.01 Å². The van der Waals surface area contributed by atoms with E-state index in [1.54, 1.807) is 0 Å². The Hall–Kier alpha value is -1.80. The summed E-state index contributed by atoms with van der Waals surface area (Å²) >= 11 is 0. The summed E-state index contributed by atoms with van der Waals surface area (Å²) < 4.78 is 41.5. The van der Waals surface area contributed by atoms with Gasteiger partial charge in [-0.25, -0.2) is 0 Å². The Balaban J connectivity index is 2.60. The first-order valence-corrected chi connectivity index (χ1v) is 6.88. The zero-order chi connectivity index (χ0) is 15.7. The average Bonchev–Trinajstić information content (AvgIpc) is 2.41. The third-order valence-corrected chi connectivity index (χ3v) is 2.31. The van der Waals surface area contributed by atoms with Gasteiger partial charge in [0, 0.05) is 19.5 Å². The van der Waals surface area contributed by atoms with E-state index in [0.717, 1.165) is 6.42 Å². The van der Waals surface area contributed by atoms with Crippen LogP contribution in [0.2, 0.25) is 0 Å². The van der Waals surface area contributed by atoms with Gasteiger partial charge in [0.15, 0.2) is 0 Å². The van der Waals surface area contributed by atoms with Gasteiger partial charge in [-0.05, 0) is 19.8 Å². The zero-order valence-corrected chi connectivity index (χ0v) is 12.1. The fourth-order valence-corrected chi connectivity index (χ4v) is 1.42. The largest absolute Gasteiger partial charge is 0.463 e. The van der Waals surface area contributed by atoms with Crippen LogP contribution < -0.4 is 15.4 Å². The molecule has 1 heterocycles. The number of hydrogen-bond donors (Lipinski definition) is 2. The number of nitrogens with zero attached hydrogens (tertiary/aromatic N) is 3. The maximum atomic E-state index is 12.1. The minimum atomic E-state index is -4.15. The van der Waals surface area contributed by atoms with Crippen LogP contribution in [0.15, 0.2) is 0 Å². The van der Waals surface area contributed by atoms with E-state index in [4.69, 9.17) is 4.74 Å². The van der Waals surface area contributed by atoms with Gasteiger partial charge in [0.05, 0.1) is 6.61 Å². The molecule has 0 radical (unpaired) electrons. The number of nitrogens with one attached hydrogen (secondary N) is 2. The molecule has 0 fully saturated rings. The third kappa shape index (κ3) is 7.52. The fraction of sp³-hybridized carbons (Fsp3) is 0.750. The first-order chi connectivity index (χ1) is 9.94. The van der Waals surface area contributed by atoms with E-state index in [0.29, 0.717) is 19.1 Å². The fourth-order valence-electron chi connectivity index (χ4n) is 1.42. The molecule has 0 bridgehead atoms. The minimum Gasteiger partial charge on any atom is -0.463 e. The van der Waals surface area contributed by atoms with Gasteiger partial charge in [-0.3, -0.25) is 0 Å². The van der Waals surface area contributed by atoms with Gasteiger partial charge in [-0.2, -0.15) is 28.1 Å². The smallest absolute Gasteiger partial charge is 0.389 e. The van der Waals surface area contributed by atoms with Gasteiger partial charge in [0.25, 0.3) is 0 Å². The van der Waals surface area contributed by atoms with Crippen molar-refractivity contribution in [3.05, 3.63) is 0 Å². The van der Waals surface area contributed by atoms with E-state index in [9.17, 15) is 13.2 Å². The molecule has 9 heteroatoms. The molecule has 6 nitrogen and oxygen atoms in total. The lowest BCUT2D eigenvalue weighted by molar-refractivity contribution is -0.134. The molecule has 0 aromatic carbocycles. The molecule has 0 saturated heterocycles. The van der Waals surface area contributed by atoms with Crippen LogP contribution in [0.4, 0.5) is 25.1 Å². The average molecular weight is 307 g/mol. The van der Waals surface area contributed by atoms with Crippen molar-refractivity contribution in [1.82, 2.24) is 15.0 Å². The maximum Gasteiger partial charge on any atom is 0.389 e. The highest BCUT2D eigenvalue weighted by Crippen LogP contribution is 2.21. The Kier molecular flexibility index (Phi) is 6.97. The molecule has 21 heavy (non-hydrogen) atoms. The molecule has 1 rings (SSSR count). The van der Waals surface area contributed by atoms with Crippen LogP contribution >= 0.6 is 0 Å². The number of alkyl halides is 3. The molecule has 0 aliphatic heterocycles. The lowest BCUT2D eigenvalue weighted by Gasteiger charge is -2.10. The molecule has 2 N–H and O–H groups in total. The van der Waals surface area contributed by atoms with Crippen LogP contribution in [0.25, 0.3) is 0 Å². The van der Waals surface area contributed by atoms with E-state index < -0.39 is 12.6 Å². The highest BCUT2D eigenvalue weighted by Gasteiger charge is 2.25. The molecule has 0 atom stereocenters. The second kappa shape index (κ2) is 8.48. The van der Waals surface area contributed by atoms with E-state index in [1.165, 1.54) is 0 Å².